The molecule has 0 amide bonds. The summed E-state index contributed by atoms with van der Waals surface area (Å²) in [5.41, 5.74) is 2.09. The molecule has 37 heavy (non-hydrogen) atoms. The van der Waals surface area contributed by atoms with Crippen LogP contribution < -0.4 is 0 Å². The summed E-state index contributed by atoms with van der Waals surface area (Å²) in [6.07, 6.45) is 10.9. The monoisotopic (exact) mass is 676 g/mol. The van der Waals surface area contributed by atoms with E-state index in [1.54, 1.807) is 24.7 Å². The summed E-state index contributed by atoms with van der Waals surface area (Å²) in [6, 6.07) is 15.5. The van der Waals surface area contributed by atoms with E-state index in [-0.39, 0.29) is 0 Å². The Kier molecular flexibility index (Phi) is 9.92. The highest BCUT2D eigenvalue weighted by Gasteiger charge is 2.08. The van der Waals surface area contributed by atoms with E-state index >= 15 is 0 Å². The van der Waals surface area contributed by atoms with Gasteiger partial charge in [-0.1, -0.05) is 79.1 Å². The number of thioether (sulfide) groups is 2. The first-order valence-electron chi connectivity index (χ1n) is 10.6. The van der Waals surface area contributed by atoms with Crippen LogP contribution in [0.5, 0.6) is 0 Å². The molecule has 0 saturated heterocycles. The van der Waals surface area contributed by atoms with Crippen LogP contribution in [-0.4, -0.2) is 52.4 Å². The standard InChI is InChI=1S/C12H9BrN4S.C7H5BrN2.C5H5ClN2S/c1-18-12-14-6-5-11(16-12)17-10-4-2-3-9(13)8(10)7-15-17;8-6-2-1-3-7-5(6)4-9-10-7;1-9-5-7-3-2-4(6)8-5/h2-7H,1H3;1-4H,(H,9,10);2-3H,1H3. The predicted molar refractivity (Wildman–Crippen MR) is 159 cm³/mol. The quantitative estimate of drug-likeness (QED) is 0.117. The second-order valence-electron chi connectivity index (χ2n) is 7.07. The molecule has 0 fully saturated rings. The van der Waals surface area contributed by atoms with Crippen LogP contribution in [0, 0.1) is 0 Å². The fraction of sp³-hybridized carbons (Fsp3) is 0.0833. The molecule has 8 nitrogen and oxygen atoms in total. The van der Waals surface area contributed by atoms with E-state index in [2.05, 4.69) is 67.1 Å². The zero-order valence-corrected chi connectivity index (χ0v) is 25.1. The molecule has 0 aliphatic carbocycles. The van der Waals surface area contributed by atoms with Crippen LogP contribution in [0.25, 0.3) is 27.6 Å². The van der Waals surface area contributed by atoms with Gasteiger partial charge in [0, 0.05) is 38.2 Å². The fourth-order valence-corrected chi connectivity index (χ4v) is 4.92. The Morgan fingerprint density at radius 1 is 0.811 bits per heavy atom. The number of aromatic amines is 1. The summed E-state index contributed by atoms with van der Waals surface area (Å²) in [5.74, 6) is 0.780. The average Bonchev–Trinajstić information content (AvgIpc) is 3.58. The average molecular weight is 679 g/mol. The van der Waals surface area contributed by atoms with Gasteiger partial charge in [0.25, 0.3) is 0 Å². The summed E-state index contributed by atoms with van der Waals surface area (Å²) >= 11 is 15.5. The Bertz CT molecular complexity index is 1630. The summed E-state index contributed by atoms with van der Waals surface area (Å²) in [7, 11) is 0. The number of hydrogen-bond donors (Lipinski definition) is 1. The molecule has 0 aliphatic heterocycles. The number of halogens is 3. The van der Waals surface area contributed by atoms with E-state index in [0.29, 0.717) is 10.3 Å². The number of aromatic nitrogens is 8. The van der Waals surface area contributed by atoms with Gasteiger partial charge in [0.15, 0.2) is 16.1 Å². The van der Waals surface area contributed by atoms with Crippen molar-refractivity contribution < 1.29 is 0 Å². The first-order chi connectivity index (χ1) is 18.0. The van der Waals surface area contributed by atoms with Crippen molar-refractivity contribution in [1.82, 2.24) is 39.9 Å². The van der Waals surface area contributed by atoms with Crippen molar-refractivity contribution in [2.75, 3.05) is 12.5 Å². The molecule has 0 saturated carbocycles. The number of nitrogens with one attached hydrogen (secondary N) is 1. The number of H-pyrrole nitrogens is 1. The molecule has 6 aromatic rings. The van der Waals surface area contributed by atoms with Crippen molar-refractivity contribution in [3.8, 4) is 5.82 Å². The maximum atomic E-state index is 5.56. The third-order valence-corrected chi connectivity index (χ3v) is 7.51. The van der Waals surface area contributed by atoms with Gasteiger partial charge in [-0.25, -0.2) is 24.6 Å². The fourth-order valence-electron chi connectivity index (χ4n) is 3.10. The van der Waals surface area contributed by atoms with E-state index in [0.717, 1.165) is 41.7 Å². The summed E-state index contributed by atoms with van der Waals surface area (Å²) in [5, 5.41) is 15.3. The Balaban J connectivity index is 0.000000143. The van der Waals surface area contributed by atoms with Gasteiger partial charge in [-0.05, 0) is 42.8 Å². The molecule has 0 unspecified atom stereocenters. The van der Waals surface area contributed by atoms with E-state index in [9.17, 15) is 0 Å². The lowest BCUT2D eigenvalue weighted by Crippen LogP contribution is -2.00. The minimum absolute atomic E-state index is 0.495. The number of rotatable bonds is 3. The number of nitrogens with zero attached hydrogens (tertiary/aromatic N) is 7. The molecule has 0 radical (unpaired) electrons. The molecule has 0 bridgehead atoms. The zero-order valence-electron chi connectivity index (χ0n) is 19.5. The minimum atomic E-state index is 0.495. The van der Waals surface area contributed by atoms with Crippen LogP contribution in [0.1, 0.15) is 0 Å². The molecule has 2 aromatic carbocycles. The van der Waals surface area contributed by atoms with Crippen molar-refractivity contribution in [3.63, 3.8) is 0 Å². The lowest BCUT2D eigenvalue weighted by molar-refractivity contribution is 0.828. The SMILES string of the molecule is Brc1cccc2[nH]ncc12.CSc1nccc(-n2ncc3c(Br)cccc32)n1.CSc1nccc(Cl)n1. The first kappa shape index (κ1) is 27.5. The molecular formula is C24H19Br2ClN8S2. The Hall–Kier alpha value is -2.51. The first-order valence-corrected chi connectivity index (χ1v) is 15.0. The van der Waals surface area contributed by atoms with Crippen molar-refractivity contribution in [2.24, 2.45) is 0 Å². The second kappa shape index (κ2) is 13.3. The molecule has 0 spiro atoms. The van der Waals surface area contributed by atoms with Crippen LogP contribution in [0.4, 0.5) is 0 Å². The lowest BCUT2D eigenvalue weighted by atomic mass is 10.2. The third kappa shape index (κ3) is 7.08. The van der Waals surface area contributed by atoms with Crippen molar-refractivity contribution in [1.29, 1.82) is 0 Å². The number of hydrogen-bond acceptors (Lipinski definition) is 8. The molecule has 4 aromatic heterocycles. The van der Waals surface area contributed by atoms with E-state index in [1.165, 1.54) is 23.5 Å². The molecule has 4 heterocycles. The number of fused-ring (bicyclic) bond motifs is 2. The predicted octanol–water partition coefficient (Wildman–Crippen LogP) is 7.48. The molecule has 13 heteroatoms. The highest BCUT2D eigenvalue weighted by atomic mass is 79.9. The molecule has 0 atom stereocenters. The molecule has 0 aliphatic rings. The molecular weight excluding hydrogens is 660 g/mol. The zero-order chi connectivity index (χ0) is 26.2. The van der Waals surface area contributed by atoms with Gasteiger partial charge < -0.3 is 0 Å². The van der Waals surface area contributed by atoms with Crippen LogP contribution >= 0.6 is 67.0 Å². The van der Waals surface area contributed by atoms with Crippen LogP contribution in [-0.2, 0) is 0 Å². The van der Waals surface area contributed by atoms with Gasteiger partial charge in [-0.2, -0.15) is 10.2 Å². The summed E-state index contributed by atoms with van der Waals surface area (Å²) in [4.78, 5) is 16.5. The minimum Gasteiger partial charge on any atom is -0.278 e. The largest absolute Gasteiger partial charge is 0.278 e. The van der Waals surface area contributed by atoms with E-state index < -0.39 is 0 Å². The molecule has 188 valence electrons. The third-order valence-electron chi connectivity index (χ3n) is 4.79. The van der Waals surface area contributed by atoms with Crippen LogP contribution in [0.3, 0.4) is 0 Å². The van der Waals surface area contributed by atoms with Gasteiger partial charge in [-0.3, -0.25) is 5.10 Å². The van der Waals surface area contributed by atoms with Gasteiger partial charge >= 0.3 is 0 Å². The maximum Gasteiger partial charge on any atom is 0.189 e. The summed E-state index contributed by atoms with van der Waals surface area (Å²) < 4.78 is 3.94. The summed E-state index contributed by atoms with van der Waals surface area (Å²) in [6.45, 7) is 0. The Morgan fingerprint density at radius 2 is 1.49 bits per heavy atom. The van der Waals surface area contributed by atoms with Gasteiger partial charge in [0.05, 0.1) is 23.4 Å². The topological polar surface area (TPSA) is 98.1 Å². The van der Waals surface area contributed by atoms with Gasteiger partial charge in [0.2, 0.25) is 0 Å². The van der Waals surface area contributed by atoms with E-state index in [1.807, 2.05) is 65.9 Å². The van der Waals surface area contributed by atoms with Gasteiger partial charge in [0.1, 0.15) is 5.15 Å². The van der Waals surface area contributed by atoms with Gasteiger partial charge in [-0.15, -0.1) is 0 Å². The molecule has 1 N–H and O–H groups in total. The Labute approximate surface area is 243 Å². The van der Waals surface area contributed by atoms with Crippen molar-refractivity contribution >= 4 is 88.8 Å². The number of benzene rings is 2. The maximum absolute atomic E-state index is 5.56. The van der Waals surface area contributed by atoms with Crippen molar-refractivity contribution in [3.05, 3.63) is 87.4 Å². The van der Waals surface area contributed by atoms with Crippen molar-refractivity contribution in [2.45, 2.75) is 10.3 Å². The lowest BCUT2D eigenvalue weighted by Gasteiger charge is -2.03. The normalized spacial score (nSPS) is 10.5. The van der Waals surface area contributed by atoms with Crippen LogP contribution in [0.15, 0.2) is 92.6 Å². The highest BCUT2D eigenvalue weighted by Crippen LogP contribution is 2.25. The Morgan fingerprint density at radius 3 is 2.16 bits per heavy atom. The highest BCUT2D eigenvalue weighted by molar-refractivity contribution is 9.11. The second-order valence-corrected chi connectivity index (χ2v) is 10.7. The smallest absolute Gasteiger partial charge is 0.189 e. The van der Waals surface area contributed by atoms with E-state index in [4.69, 9.17) is 11.6 Å². The van der Waals surface area contributed by atoms with Crippen LogP contribution in [0.2, 0.25) is 5.15 Å². The molecule has 6 rings (SSSR count).